The number of rotatable bonds is 8. The normalized spacial score (nSPS) is 15.4. The van der Waals surface area contributed by atoms with Gasteiger partial charge in [0.1, 0.15) is 11.6 Å². The average Bonchev–Trinajstić information content (AvgIpc) is 3.02. The van der Waals surface area contributed by atoms with Gasteiger partial charge in [-0.3, -0.25) is 0 Å². The van der Waals surface area contributed by atoms with Crippen molar-refractivity contribution in [3.05, 3.63) is 54.1 Å². The number of aromatic nitrogens is 3. The molecule has 134 valence electrons. The van der Waals surface area contributed by atoms with Crippen molar-refractivity contribution in [3.8, 4) is 0 Å². The molecule has 1 saturated carbocycles. The van der Waals surface area contributed by atoms with Crippen molar-refractivity contribution in [2.24, 2.45) is 5.92 Å². The van der Waals surface area contributed by atoms with Crippen molar-refractivity contribution < 1.29 is 4.39 Å². The lowest BCUT2D eigenvalue weighted by Crippen LogP contribution is -2.10. The Balaban J connectivity index is 1.64. The zero-order chi connectivity index (χ0) is 17.5. The van der Waals surface area contributed by atoms with E-state index in [-0.39, 0.29) is 5.82 Å². The van der Waals surface area contributed by atoms with Gasteiger partial charge >= 0.3 is 0 Å². The van der Waals surface area contributed by atoms with Crippen LogP contribution in [0.25, 0.3) is 0 Å². The summed E-state index contributed by atoms with van der Waals surface area (Å²) in [5.74, 6) is 2.26. The third-order valence-electron chi connectivity index (χ3n) is 4.92. The Kier molecular flexibility index (Phi) is 6.68. The predicted molar refractivity (Wildman–Crippen MR) is 101 cm³/mol. The zero-order valence-corrected chi connectivity index (χ0v) is 15.5. The van der Waals surface area contributed by atoms with E-state index in [1.165, 1.54) is 56.4 Å². The Morgan fingerprint density at radius 2 is 2.00 bits per heavy atom. The van der Waals surface area contributed by atoms with Crippen molar-refractivity contribution in [1.29, 1.82) is 0 Å². The molecule has 0 unspecified atom stereocenters. The second-order valence-corrected chi connectivity index (χ2v) is 7.66. The van der Waals surface area contributed by atoms with E-state index in [4.69, 9.17) is 0 Å². The van der Waals surface area contributed by atoms with Crippen LogP contribution in [0.15, 0.2) is 42.1 Å². The lowest BCUT2D eigenvalue weighted by molar-refractivity contribution is 0.336. The SMILES string of the molecule is C=CCn1c(CCC2CCCCC2)nnc1SCc1ccccc1F. The number of nitrogens with zero attached hydrogens (tertiary/aromatic N) is 3. The second-order valence-electron chi connectivity index (χ2n) is 6.72. The van der Waals surface area contributed by atoms with E-state index in [0.29, 0.717) is 17.9 Å². The molecular weight excluding hydrogens is 333 g/mol. The van der Waals surface area contributed by atoms with Gasteiger partial charge in [0.2, 0.25) is 0 Å². The molecule has 3 rings (SSSR count). The van der Waals surface area contributed by atoms with Gasteiger partial charge in [0, 0.05) is 18.7 Å². The van der Waals surface area contributed by atoms with E-state index < -0.39 is 0 Å². The topological polar surface area (TPSA) is 30.7 Å². The quantitative estimate of drug-likeness (QED) is 0.466. The maximum Gasteiger partial charge on any atom is 0.191 e. The minimum Gasteiger partial charge on any atom is -0.302 e. The van der Waals surface area contributed by atoms with Gasteiger partial charge in [-0.2, -0.15) is 0 Å². The van der Waals surface area contributed by atoms with E-state index in [0.717, 1.165) is 23.3 Å². The third kappa shape index (κ3) is 4.94. The first-order chi connectivity index (χ1) is 12.3. The summed E-state index contributed by atoms with van der Waals surface area (Å²) in [5, 5.41) is 9.60. The molecule has 5 heteroatoms. The molecule has 1 aromatic heterocycles. The smallest absolute Gasteiger partial charge is 0.191 e. The predicted octanol–water partition coefficient (Wildman–Crippen LogP) is 5.41. The molecule has 1 aliphatic rings. The van der Waals surface area contributed by atoms with Crippen molar-refractivity contribution >= 4 is 11.8 Å². The number of hydrogen-bond donors (Lipinski definition) is 0. The molecule has 0 spiro atoms. The van der Waals surface area contributed by atoms with Crippen LogP contribution < -0.4 is 0 Å². The number of halogens is 1. The Bertz CT molecular complexity index is 692. The number of allylic oxidation sites excluding steroid dienone is 1. The van der Waals surface area contributed by atoms with Gasteiger partial charge in [-0.25, -0.2) is 4.39 Å². The fourth-order valence-electron chi connectivity index (χ4n) is 3.49. The number of hydrogen-bond acceptors (Lipinski definition) is 3. The van der Waals surface area contributed by atoms with Gasteiger partial charge < -0.3 is 4.57 Å². The molecule has 1 aliphatic carbocycles. The minimum atomic E-state index is -0.165. The summed E-state index contributed by atoms with van der Waals surface area (Å²) in [5.41, 5.74) is 0.699. The molecule has 0 aliphatic heterocycles. The highest BCUT2D eigenvalue weighted by Crippen LogP contribution is 2.28. The molecule has 0 N–H and O–H groups in total. The molecule has 0 bridgehead atoms. The van der Waals surface area contributed by atoms with E-state index in [1.54, 1.807) is 6.07 Å². The maximum absolute atomic E-state index is 13.8. The summed E-state index contributed by atoms with van der Waals surface area (Å²) in [7, 11) is 0. The molecular formula is C20H26FN3S. The minimum absolute atomic E-state index is 0.165. The van der Waals surface area contributed by atoms with E-state index in [1.807, 2.05) is 18.2 Å². The van der Waals surface area contributed by atoms with Crippen molar-refractivity contribution in [3.63, 3.8) is 0 Å². The molecule has 1 aromatic carbocycles. The average molecular weight is 360 g/mol. The maximum atomic E-state index is 13.8. The van der Waals surface area contributed by atoms with Gasteiger partial charge in [0.05, 0.1) is 0 Å². The monoisotopic (exact) mass is 359 g/mol. The molecule has 0 radical (unpaired) electrons. The van der Waals surface area contributed by atoms with Gasteiger partial charge in [-0.1, -0.05) is 68.1 Å². The van der Waals surface area contributed by atoms with Crippen LogP contribution >= 0.6 is 11.8 Å². The summed E-state index contributed by atoms with van der Waals surface area (Å²) in [6.07, 6.45) is 10.9. The first-order valence-corrected chi connectivity index (χ1v) is 10.2. The summed E-state index contributed by atoms with van der Waals surface area (Å²) in [6.45, 7) is 4.56. The van der Waals surface area contributed by atoms with Gasteiger partial charge in [-0.15, -0.1) is 16.8 Å². The molecule has 25 heavy (non-hydrogen) atoms. The number of benzene rings is 1. The largest absolute Gasteiger partial charge is 0.302 e. The Labute approximate surface area is 153 Å². The lowest BCUT2D eigenvalue weighted by atomic mass is 9.86. The Morgan fingerprint density at radius 3 is 2.76 bits per heavy atom. The molecule has 3 nitrogen and oxygen atoms in total. The first-order valence-electron chi connectivity index (χ1n) is 9.17. The van der Waals surface area contributed by atoms with Gasteiger partial charge in [0.15, 0.2) is 5.16 Å². The Hall–Kier alpha value is -1.62. The molecule has 1 fully saturated rings. The van der Waals surface area contributed by atoms with Crippen LogP contribution in [0.2, 0.25) is 0 Å². The highest BCUT2D eigenvalue weighted by molar-refractivity contribution is 7.98. The second kappa shape index (κ2) is 9.18. The van der Waals surface area contributed by atoms with Crippen LogP contribution in [0.5, 0.6) is 0 Å². The summed E-state index contributed by atoms with van der Waals surface area (Å²) < 4.78 is 15.9. The van der Waals surface area contributed by atoms with Crippen LogP contribution in [0, 0.1) is 11.7 Å². The van der Waals surface area contributed by atoms with Crippen LogP contribution in [0.1, 0.15) is 49.9 Å². The molecule has 0 saturated heterocycles. The number of thioether (sulfide) groups is 1. The standard InChI is InChI=1S/C20H26FN3S/c1-2-14-24-19(13-12-16-8-4-3-5-9-16)22-23-20(24)25-15-17-10-6-7-11-18(17)21/h2,6-7,10-11,16H,1,3-5,8-9,12-15H2. The highest BCUT2D eigenvalue weighted by Gasteiger charge is 2.17. The molecule has 0 atom stereocenters. The molecule has 1 heterocycles. The van der Waals surface area contributed by atoms with Gasteiger partial charge in [-0.05, 0) is 24.0 Å². The fraction of sp³-hybridized carbons (Fsp3) is 0.500. The van der Waals surface area contributed by atoms with E-state index in [9.17, 15) is 4.39 Å². The summed E-state index contributed by atoms with van der Waals surface area (Å²) >= 11 is 1.54. The van der Waals surface area contributed by atoms with Crippen molar-refractivity contribution in [2.75, 3.05) is 0 Å². The van der Waals surface area contributed by atoms with Crippen molar-refractivity contribution in [2.45, 2.75) is 62.4 Å². The van der Waals surface area contributed by atoms with E-state index >= 15 is 0 Å². The summed E-state index contributed by atoms with van der Waals surface area (Å²) in [6, 6.07) is 6.90. The zero-order valence-electron chi connectivity index (χ0n) is 14.7. The lowest BCUT2D eigenvalue weighted by Gasteiger charge is -2.21. The van der Waals surface area contributed by atoms with Crippen LogP contribution in [-0.4, -0.2) is 14.8 Å². The highest BCUT2D eigenvalue weighted by atomic mass is 32.2. The fourth-order valence-corrected chi connectivity index (χ4v) is 4.44. The Morgan fingerprint density at radius 1 is 1.20 bits per heavy atom. The van der Waals surface area contributed by atoms with Crippen LogP contribution in [-0.2, 0) is 18.7 Å². The molecule has 2 aromatic rings. The number of aryl methyl sites for hydroxylation is 1. The van der Waals surface area contributed by atoms with Crippen LogP contribution in [0.3, 0.4) is 0 Å². The van der Waals surface area contributed by atoms with E-state index in [2.05, 4.69) is 21.3 Å². The van der Waals surface area contributed by atoms with Crippen LogP contribution in [0.4, 0.5) is 4.39 Å². The van der Waals surface area contributed by atoms with Gasteiger partial charge in [0.25, 0.3) is 0 Å². The third-order valence-corrected chi connectivity index (χ3v) is 5.94. The van der Waals surface area contributed by atoms with Crippen molar-refractivity contribution in [1.82, 2.24) is 14.8 Å². The first kappa shape index (κ1) is 18.2. The summed E-state index contributed by atoms with van der Waals surface area (Å²) in [4.78, 5) is 0. The molecule has 0 amide bonds.